The van der Waals surface area contributed by atoms with Gasteiger partial charge in [0.05, 0.1) is 0 Å². The van der Waals surface area contributed by atoms with Gasteiger partial charge < -0.3 is 24.4 Å². The van der Waals surface area contributed by atoms with Gasteiger partial charge in [0.25, 0.3) is 11.8 Å². The molecule has 1 aliphatic rings. The summed E-state index contributed by atoms with van der Waals surface area (Å²) in [5, 5.41) is 4.41. The van der Waals surface area contributed by atoms with Gasteiger partial charge in [-0.2, -0.15) is 0 Å². The molecule has 0 spiro atoms. The van der Waals surface area contributed by atoms with E-state index in [0.717, 1.165) is 36.1 Å². The average molecular weight is 545 g/mol. The number of hydrogen-bond donors (Lipinski definition) is 1. The van der Waals surface area contributed by atoms with E-state index < -0.39 is 0 Å². The molecule has 2 amide bonds. The molecule has 39 heavy (non-hydrogen) atoms. The maximum Gasteiger partial charge on any atom is 0.270 e. The number of ether oxygens (including phenoxy) is 1. The molecule has 0 atom stereocenters. The van der Waals surface area contributed by atoms with Crippen molar-refractivity contribution in [2.24, 2.45) is 0 Å². The van der Waals surface area contributed by atoms with Crippen molar-refractivity contribution in [2.75, 3.05) is 44.6 Å². The molecule has 0 aliphatic carbocycles. The number of halogens is 1. The summed E-state index contributed by atoms with van der Waals surface area (Å²) in [7, 11) is 0. The summed E-state index contributed by atoms with van der Waals surface area (Å²) in [6.45, 7) is 8.88. The smallest absolute Gasteiger partial charge is 0.270 e. The van der Waals surface area contributed by atoms with E-state index >= 15 is 0 Å². The van der Waals surface area contributed by atoms with Crippen molar-refractivity contribution in [2.45, 2.75) is 20.4 Å². The molecule has 1 saturated heterocycles. The highest BCUT2D eigenvalue weighted by Crippen LogP contribution is 2.26. The molecule has 4 aromatic rings. The average Bonchev–Trinajstić information content (AvgIpc) is 3.29. The highest BCUT2D eigenvalue weighted by atomic mass is 35.5. The van der Waals surface area contributed by atoms with Gasteiger partial charge >= 0.3 is 0 Å². The van der Waals surface area contributed by atoms with Crippen LogP contribution in [0.3, 0.4) is 0 Å². The Morgan fingerprint density at radius 1 is 0.949 bits per heavy atom. The first-order chi connectivity index (χ1) is 18.9. The van der Waals surface area contributed by atoms with Crippen LogP contribution in [-0.2, 0) is 11.3 Å². The van der Waals surface area contributed by atoms with Gasteiger partial charge in [0.1, 0.15) is 11.4 Å². The first kappa shape index (κ1) is 26.8. The van der Waals surface area contributed by atoms with Gasteiger partial charge in [-0.1, -0.05) is 48.4 Å². The van der Waals surface area contributed by atoms with E-state index in [2.05, 4.69) is 46.8 Å². The molecule has 3 aromatic carbocycles. The standard InChI is InChI=1S/C31H33ClN4O3/c1-3-34-13-15-35(16-14-34)31(38)29-19-24-18-26(33-30(37)21-39-27-10-7-25(32)8-11-27)9-12-28(24)36(29)20-23-6-4-5-22(2)17-23/h4-12,17-19H,3,13-16,20-21H2,1-2H3,(H,33,37). The van der Waals surface area contributed by atoms with E-state index in [1.807, 2.05) is 35.2 Å². The van der Waals surface area contributed by atoms with Crippen LogP contribution in [0.5, 0.6) is 5.75 Å². The summed E-state index contributed by atoms with van der Waals surface area (Å²) < 4.78 is 7.66. The van der Waals surface area contributed by atoms with Crippen LogP contribution in [-0.4, -0.2) is 65.5 Å². The lowest BCUT2D eigenvalue weighted by Gasteiger charge is -2.34. The summed E-state index contributed by atoms with van der Waals surface area (Å²) >= 11 is 5.91. The molecule has 202 valence electrons. The number of hydrogen-bond acceptors (Lipinski definition) is 4. The highest BCUT2D eigenvalue weighted by Gasteiger charge is 2.25. The van der Waals surface area contributed by atoms with Gasteiger partial charge in [0, 0.05) is 54.3 Å². The van der Waals surface area contributed by atoms with Crippen LogP contribution in [0, 0.1) is 6.92 Å². The van der Waals surface area contributed by atoms with Gasteiger partial charge in [-0.25, -0.2) is 0 Å². The number of nitrogens with zero attached hydrogens (tertiary/aromatic N) is 3. The third-order valence-electron chi connectivity index (χ3n) is 7.12. The maximum absolute atomic E-state index is 13.7. The van der Waals surface area contributed by atoms with Crippen LogP contribution < -0.4 is 10.1 Å². The predicted molar refractivity (Wildman–Crippen MR) is 156 cm³/mol. The molecule has 0 saturated carbocycles. The summed E-state index contributed by atoms with van der Waals surface area (Å²) in [5.74, 6) is 0.339. The van der Waals surface area contributed by atoms with E-state index in [4.69, 9.17) is 16.3 Å². The van der Waals surface area contributed by atoms with E-state index in [1.165, 1.54) is 5.56 Å². The first-order valence-corrected chi connectivity index (χ1v) is 13.7. The van der Waals surface area contributed by atoms with Gasteiger partial charge in [-0.15, -0.1) is 0 Å². The second-order valence-electron chi connectivity index (χ2n) is 9.90. The van der Waals surface area contributed by atoms with Gasteiger partial charge in [-0.3, -0.25) is 9.59 Å². The van der Waals surface area contributed by atoms with Crippen molar-refractivity contribution in [3.63, 3.8) is 0 Å². The summed E-state index contributed by atoms with van der Waals surface area (Å²) in [6.07, 6.45) is 0. The molecule has 0 unspecified atom stereocenters. The Labute approximate surface area is 233 Å². The van der Waals surface area contributed by atoms with Crippen molar-refractivity contribution in [3.05, 3.63) is 94.6 Å². The van der Waals surface area contributed by atoms with Crippen molar-refractivity contribution in [3.8, 4) is 5.75 Å². The number of piperazine rings is 1. The minimum absolute atomic E-state index is 0.0385. The molecule has 1 N–H and O–H groups in total. The number of fused-ring (bicyclic) bond motifs is 1. The minimum atomic E-state index is -0.270. The summed E-state index contributed by atoms with van der Waals surface area (Å²) in [5.41, 5.74) is 4.57. The Morgan fingerprint density at radius 2 is 1.72 bits per heavy atom. The fourth-order valence-corrected chi connectivity index (χ4v) is 5.12. The lowest BCUT2D eigenvalue weighted by Crippen LogP contribution is -2.48. The Kier molecular flexibility index (Phi) is 8.19. The van der Waals surface area contributed by atoms with Gasteiger partial charge in [-0.05, 0) is 67.6 Å². The minimum Gasteiger partial charge on any atom is -0.484 e. The second-order valence-corrected chi connectivity index (χ2v) is 10.3. The normalized spacial score (nSPS) is 14.0. The van der Waals surface area contributed by atoms with Crippen LogP contribution in [0.4, 0.5) is 5.69 Å². The molecular formula is C31H33ClN4O3. The molecule has 8 heteroatoms. The zero-order valence-corrected chi connectivity index (χ0v) is 23.1. The molecule has 0 bridgehead atoms. The maximum atomic E-state index is 13.7. The highest BCUT2D eigenvalue weighted by molar-refractivity contribution is 6.30. The summed E-state index contributed by atoms with van der Waals surface area (Å²) in [4.78, 5) is 30.6. The zero-order chi connectivity index (χ0) is 27.4. The van der Waals surface area contributed by atoms with E-state index in [-0.39, 0.29) is 18.4 Å². The van der Waals surface area contributed by atoms with Crippen LogP contribution in [0.1, 0.15) is 28.5 Å². The van der Waals surface area contributed by atoms with Crippen molar-refractivity contribution in [1.82, 2.24) is 14.4 Å². The Bertz CT molecular complexity index is 1470. The number of nitrogens with one attached hydrogen (secondary N) is 1. The lowest BCUT2D eigenvalue weighted by atomic mass is 10.1. The second kappa shape index (κ2) is 11.9. The first-order valence-electron chi connectivity index (χ1n) is 13.3. The van der Waals surface area contributed by atoms with E-state index in [1.54, 1.807) is 24.3 Å². The lowest BCUT2D eigenvalue weighted by molar-refractivity contribution is -0.118. The van der Waals surface area contributed by atoms with Crippen LogP contribution >= 0.6 is 11.6 Å². The molecule has 0 radical (unpaired) electrons. The number of likely N-dealkylation sites (N-methyl/N-ethyl adjacent to an activating group) is 1. The third kappa shape index (κ3) is 6.44. The molecule has 2 heterocycles. The zero-order valence-electron chi connectivity index (χ0n) is 22.3. The number of rotatable bonds is 8. The number of aromatic nitrogens is 1. The van der Waals surface area contributed by atoms with Crippen molar-refractivity contribution in [1.29, 1.82) is 0 Å². The Hall–Kier alpha value is -3.81. The quantitative estimate of drug-likeness (QED) is 0.320. The monoisotopic (exact) mass is 544 g/mol. The Morgan fingerprint density at radius 3 is 2.44 bits per heavy atom. The van der Waals surface area contributed by atoms with Crippen molar-refractivity contribution < 1.29 is 14.3 Å². The van der Waals surface area contributed by atoms with Crippen LogP contribution in [0.2, 0.25) is 5.02 Å². The topological polar surface area (TPSA) is 66.8 Å². The number of carbonyl (C=O) groups is 2. The number of amides is 2. The number of aryl methyl sites for hydroxylation is 1. The molecule has 1 fully saturated rings. The number of carbonyl (C=O) groups excluding carboxylic acids is 2. The van der Waals surface area contributed by atoms with Gasteiger partial charge in [0.2, 0.25) is 0 Å². The largest absolute Gasteiger partial charge is 0.484 e. The van der Waals surface area contributed by atoms with Gasteiger partial charge in [0.15, 0.2) is 6.61 Å². The molecule has 1 aromatic heterocycles. The number of benzene rings is 3. The molecular weight excluding hydrogens is 512 g/mol. The van der Waals surface area contributed by atoms with Crippen LogP contribution in [0.15, 0.2) is 72.8 Å². The third-order valence-corrected chi connectivity index (χ3v) is 7.37. The van der Waals surface area contributed by atoms with E-state index in [0.29, 0.717) is 41.8 Å². The molecule has 1 aliphatic heterocycles. The number of anilines is 1. The van der Waals surface area contributed by atoms with E-state index in [9.17, 15) is 9.59 Å². The fourth-order valence-electron chi connectivity index (χ4n) is 5.00. The molecule has 7 nitrogen and oxygen atoms in total. The fraction of sp³-hybridized carbons (Fsp3) is 0.290. The molecule has 5 rings (SSSR count). The SMILES string of the molecule is CCN1CCN(C(=O)c2cc3cc(NC(=O)COc4ccc(Cl)cc4)ccc3n2Cc2cccc(C)c2)CC1. The van der Waals surface area contributed by atoms with Crippen molar-refractivity contribution >= 4 is 40.0 Å². The van der Waals surface area contributed by atoms with Crippen LogP contribution in [0.25, 0.3) is 10.9 Å². The predicted octanol–water partition coefficient (Wildman–Crippen LogP) is 5.45. The summed E-state index contributed by atoms with van der Waals surface area (Å²) in [6, 6.07) is 22.9. The Balaban J connectivity index is 1.38.